The van der Waals surface area contributed by atoms with Crippen molar-refractivity contribution in [2.45, 2.75) is 19.0 Å². The van der Waals surface area contributed by atoms with Crippen LogP contribution >= 0.6 is 0 Å². The number of carbonyl (C=O) groups excluding carboxylic acids is 2. The molecule has 0 heterocycles. The number of carbonyl (C=O) groups is 2. The Labute approximate surface area is 83.1 Å². The Morgan fingerprint density at radius 1 is 1.21 bits per heavy atom. The van der Waals surface area contributed by atoms with Gasteiger partial charge in [-0.2, -0.15) is 0 Å². The molecule has 1 aromatic carbocycles. The third-order valence-corrected chi connectivity index (χ3v) is 1.93. The van der Waals surface area contributed by atoms with Gasteiger partial charge in [-0.25, -0.2) is 0 Å². The van der Waals surface area contributed by atoms with E-state index in [0.29, 0.717) is 6.54 Å². The van der Waals surface area contributed by atoms with E-state index in [1.165, 1.54) is 0 Å². The molecule has 0 aliphatic heterocycles. The molecule has 3 nitrogen and oxygen atoms in total. The van der Waals surface area contributed by atoms with Crippen molar-refractivity contribution in [1.29, 1.82) is 0 Å². The summed E-state index contributed by atoms with van der Waals surface area (Å²) in [5.74, 6) is 0. The largest absolute Gasteiger partial charge is 0.303 e. The zero-order valence-electron chi connectivity index (χ0n) is 7.85. The van der Waals surface area contributed by atoms with E-state index >= 15 is 0 Å². The van der Waals surface area contributed by atoms with Gasteiger partial charge in [-0.05, 0) is 5.56 Å². The standard InChI is InChI=1S/C11H13NO2/c13-7-6-11(9-14)12-8-10-4-2-1-3-5-10/h1-5,7,9,11-12H,6,8H2. The summed E-state index contributed by atoms with van der Waals surface area (Å²) in [5, 5.41) is 2.99. The van der Waals surface area contributed by atoms with Gasteiger partial charge >= 0.3 is 0 Å². The molecular formula is C11H13NO2. The molecular weight excluding hydrogens is 178 g/mol. The second kappa shape index (κ2) is 6.05. The van der Waals surface area contributed by atoms with Gasteiger partial charge in [-0.3, -0.25) is 0 Å². The SMILES string of the molecule is O=CCC(C=O)NCc1ccccc1. The molecule has 0 aromatic heterocycles. The maximum absolute atomic E-state index is 10.5. The minimum Gasteiger partial charge on any atom is -0.303 e. The Kier molecular flexibility index (Phi) is 4.58. The summed E-state index contributed by atoms with van der Waals surface area (Å²) in [4.78, 5) is 20.7. The van der Waals surface area contributed by atoms with Crippen LogP contribution in [0.25, 0.3) is 0 Å². The van der Waals surface area contributed by atoms with Crippen LogP contribution in [0.5, 0.6) is 0 Å². The summed E-state index contributed by atoms with van der Waals surface area (Å²) in [6, 6.07) is 9.38. The molecule has 0 saturated carbocycles. The van der Waals surface area contributed by atoms with E-state index in [9.17, 15) is 9.59 Å². The first kappa shape index (κ1) is 10.6. The fourth-order valence-electron chi connectivity index (χ4n) is 1.14. The Morgan fingerprint density at radius 2 is 1.93 bits per heavy atom. The molecule has 0 saturated heterocycles. The van der Waals surface area contributed by atoms with Crippen LogP contribution in [-0.4, -0.2) is 18.6 Å². The van der Waals surface area contributed by atoms with Crippen LogP contribution < -0.4 is 5.32 Å². The second-order valence-corrected chi connectivity index (χ2v) is 3.01. The summed E-state index contributed by atoms with van der Waals surface area (Å²) in [7, 11) is 0. The molecule has 1 aromatic rings. The normalized spacial score (nSPS) is 12.0. The zero-order valence-corrected chi connectivity index (χ0v) is 7.85. The predicted octanol–water partition coefficient (Wildman–Crippen LogP) is 0.933. The first-order valence-electron chi connectivity index (χ1n) is 4.53. The van der Waals surface area contributed by atoms with Gasteiger partial charge in [0.1, 0.15) is 12.6 Å². The van der Waals surface area contributed by atoms with Crippen molar-refractivity contribution < 1.29 is 9.59 Å². The number of benzene rings is 1. The van der Waals surface area contributed by atoms with Crippen molar-refractivity contribution in [1.82, 2.24) is 5.32 Å². The molecule has 0 bridgehead atoms. The highest BCUT2D eigenvalue weighted by molar-refractivity contribution is 5.65. The first-order valence-corrected chi connectivity index (χ1v) is 4.53. The first-order chi connectivity index (χ1) is 6.86. The van der Waals surface area contributed by atoms with Gasteiger partial charge in [0, 0.05) is 13.0 Å². The molecule has 3 heteroatoms. The van der Waals surface area contributed by atoms with Gasteiger partial charge in [0.2, 0.25) is 0 Å². The highest BCUT2D eigenvalue weighted by Crippen LogP contribution is 1.98. The smallest absolute Gasteiger partial charge is 0.137 e. The Bertz CT molecular complexity index is 285. The summed E-state index contributed by atoms with van der Waals surface area (Å²) in [6.45, 7) is 0.609. The molecule has 14 heavy (non-hydrogen) atoms. The van der Waals surface area contributed by atoms with Crippen LogP contribution in [0.4, 0.5) is 0 Å². The van der Waals surface area contributed by atoms with Gasteiger partial charge < -0.3 is 14.9 Å². The average molecular weight is 191 g/mol. The van der Waals surface area contributed by atoms with Crippen LogP contribution in [-0.2, 0) is 16.1 Å². The van der Waals surface area contributed by atoms with Crippen molar-refractivity contribution in [2.75, 3.05) is 0 Å². The molecule has 74 valence electrons. The molecule has 0 amide bonds. The number of hydrogen-bond acceptors (Lipinski definition) is 3. The van der Waals surface area contributed by atoms with Gasteiger partial charge in [0.05, 0.1) is 6.04 Å². The van der Waals surface area contributed by atoms with E-state index < -0.39 is 0 Å². The highest BCUT2D eigenvalue weighted by atomic mass is 16.1. The molecule has 0 aliphatic rings. The van der Waals surface area contributed by atoms with Crippen molar-refractivity contribution in [3.8, 4) is 0 Å². The van der Waals surface area contributed by atoms with Crippen molar-refractivity contribution in [3.05, 3.63) is 35.9 Å². The van der Waals surface area contributed by atoms with Crippen molar-refractivity contribution >= 4 is 12.6 Å². The highest BCUT2D eigenvalue weighted by Gasteiger charge is 2.04. The minimum absolute atomic E-state index is 0.232. The fraction of sp³-hybridized carbons (Fsp3) is 0.273. The van der Waals surface area contributed by atoms with E-state index in [1.54, 1.807) is 0 Å². The van der Waals surface area contributed by atoms with E-state index in [4.69, 9.17) is 0 Å². The molecule has 0 fully saturated rings. The number of aldehydes is 2. The van der Waals surface area contributed by atoms with E-state index in [1.807, 2.05) is 30.3 Å². The van der Waals surface area contributed by atoms with E-state index in [0.717, 1.165) is 18.1 Å². The molecule has 1 unspecified atom stereocenters. The lowest BCUT2D eigenvalue weighted by Crippen LogP contribution is -2.30. The van der Waals surface area contributed by atoms with Gasteiger partial charge in [0.25, 0.3) is 0 Å². The van der Waals surface area contributed by atoms with Crippen LogP contribution in [0, 0.1) is 0 Å². The molecule has 1 atom stereocenters. The lowest BCUT2D eigenvalue weighted by Gasteiger charge is -2.08. The fourth-order valence-corrected chi connectivity index (χ4v) is 1.14. The predicted molar refractivity (Wildman–Crippen MR) is 53.8 cm³/mol. The van der Waals surface area contributed by atoms with Gasteiger partial charge in [-0.1, -0.05) is 30.3 Å². The molecule has 1 N–H and O–H groups in total. The lowest BCUT2D eigenvalue weighted by molar-refractivity contribution is -0.114. The van der Waals surface area contributed by atoms with E-state index in [2.05, 4.69) is 5.32 Å². The molecule has 1 rings (SSSR count). The summed E-state index contributed by atoms with van der Waals surface area (Å²) >= 11 is 0. The second-order valence-electron chi connectivity index (χ2n) is 3.01. The number of hydrogen-bond donors (Lipinski definition) is 1. The Morgan fingerprint density at radius 3 is 2.50 bits per heavy atom. The Hall–Kier alpha value is -1.48. The number of rotatable bonds is 6. The quantitative estimate of drug-likeness (QED) is 0.680. The number of nitrogens with one attached hydrogen (secondary N) is 1. The van der Waals surface area contributed by atoms with Crippen LogP contribution in [0.3, 0.4) is 0 Å². The molecule has 0 spiro atoms. The lowest BCUT2D eigenvalue weighted by atomic mass is 10.2. The van der Waals surface area contributed by atoms with Gasteiger partial charge in [-0.15, -0.1) is 0 Å². The zero-order chi connectivity index (χ0) is 10.2. The average Bonchev–Trinajstić information content (AvgIpc) is 2.25. The Balaban J connectivity index is 2.39. The summed E-state index contributed by atoms with van der Waals surface area (Å²) < 4.78 is 0. The molecule has 0 radical (unpaired) electrons. The topological polar surface area (TPSA) is 46.2 Å². The van der Waals surface area contributed by atoms with Crippen LogP contribution in [0.15, 0.2) is 30.3 Å². The van der Waals surface area contributed by atoms with Crippen molar-refractivity contribution in [2.24, 2.45) is 0 Å². The summed E-state index contributed by atoms with van der Waals surface area (Å²) in [5.41, 5.74) is 1.10. The maximum atomic E-state index is 10.5. The minimum atomic E-state index is -0.368. The monoisotopic (exact) mass is 191 g/mol. The molecule has 0 aliphatic carbocycles. The third kappa shape index (κ3) is 3.49. The summed E-state index contributed by atoms with van der Waals surface area (Å²) in [6.07, 6.45) is 1.74. The van der Waals surface area contributed by atoms with Crippen LogP contribution in [0.1, 0.15) is 12.0 Å². The van der Waals surface area contributed by atoms with E-state index in [-0.39, 0.29) is 12.5 Å². The van der Waals surface area contributed by atoms with Crippen LogP contribution in [0.2, 0.25) is 0 Å². The van der Waals surface area contributed by atoms with Crippen molar-refractivity contribution in [3.63, 3.8) is 0 Å². The maximum Gasteiger partial charge on any atom is 0.137 e. The van der Waals surface area contributed by atoms with Gasteiger partial charge in [0.15, 0.2) is 0 Å². The third-order valence-electron chi connectivity index (χ3n) is 1.93.